The Hall–Kier alpha value is -2.35. The number of cyclic esters (lactones) is 1. The van der Waals surface area contributed by atoms with Crippen molar-refractivity contribution in [2.24, 2.45) is 5.92 Å². The Morgan fingerprint density at radius 2 is 1.59 bits per heavy atom. The van der Waals surface area contributed by atoms with Crippen LogP contribution in [0.4, 0.5) is 4.79 Å². The first-order valence-corrected chi connectivity index (χ1v) is 13.5. The third kappa shape index (κ3) is 5.18. The molecule has 0 spiro atoms. The van der Waals surface area contributed by atoms with E-state index in [9.17, 15) is 9.90 Å². The molecular formula is C30H40BNO5. The van der Waals surface area contributed by atoms with Gasteiger partial charge in [-0.15, -0.1) is 0 Å². The van der Waals surface area contributed by atoms with Gasteiger partial charge in [-0.2, -0.15) is 0 Å². The summed E-state index contributed by atoms with van der Waals surface area (Å²) in [5.74, 6) is 0.425. The molecule has 3 aliphatic rings. The van der Waals surface area contributed by atoms with Crippen molar-refractivity contribution in [2.75, 3.05) is 6.54 Å². The van der Waals surface area contributed by atoms with Gasteiger partial charge in [0, 0.05) is 19.4 Å². The minimum atomic E-state index is -0.975. The van der Waals surface area contributed by atoms with E-state index in [1.807, 2.05) is 35.2 Å². The van der Waals surface area contributed by atoms with Crippen molar-refractivity contribution in [3.63, 3.8) is 0 Å². The lowest BCUT2D eigenvalue weighted by Gasteiger charge is -2.46. The Morgan fingerprint density at radius 3 is 2.11 bits per heavy atom. The highest BCUT2D eigenvalue weighted by molar-refractivity contribution is 6.62. The number of carbonyl (C=O) groups excluding carboxylic acids is 1. The second kappa shape index (κ2) is 9.14. The highest BCUT2D eigenvalue weighted by Gasteiger charge is 2.52. The molecule has 1 aliphatic carbocycles. The standard InChI is InChI=1S/C30H40BNO5/c1-27(2,34)20-30(23-10-8-7-9-11-23)18-19-32(26(33)35-30)25(21-12-13-21)22-14-16-24(17-15-22)31-36-28(3,4)29(5,6)37-31/h7-11,14-17,21,25,34H,12-13,18-20H2,1-6H3/t25?,30-/m0/s1. The molecular weight excluding hydrogens is 465 g/mol. The van der Waals surface area contributed by atoms with Gasteiger partial charge >= 0.3 is 13.2 Å². The number of rotatable bonds is 7. The maximum atomic E-state index is 13.6. The molecule has 1 amide bonds. The highest BCUT2D eigenvalue weighted by Crippen LogP contribution is 2.48. The van der Waals surface area contributed by atoms with Gasteiger partial charge in [-0.1, -0.05) is 54.6 Å². The number of ether oxygens (including phenoxy) is 1. The summed E-state index contributed by atoms with van der Waals surface area (Å²) in [7, 11) is -0.410. The molecule has 37 heavy (non-hydrogen) atoms. The van der Waals surface area contributed by atoms with Crippen molar-refractivity contribution < 1.29 is 23.9 Å². The van der Waals surface area contributed by atoms with E-state index in [-0.39, 0.29) is 12.1 Å². The maximum Gasteiger partial charge on any atom is 0.494 e. The molecule has 6 nitrogen and oxygen atoms in total. The molecule has 2 saturated heterocycles. The third-order valence-electron chi connectivity index (χ3n) is 8.50. The first-order chi connectivity index (χ1) is 17.3. The molecule has 2 aliphatic heterocycles. The quantitative estimate of drug-likeness (QED) is 0.515. The molecule has 5 rings (SSSR count). The minimum Gasteiger partial charge on any atom is -0.438 e. The predicted octanol–water partition coefficient (Wildman–Crippen LogP) is 5.34. The van der Waals surface area contributed by atoms with Gasteiger partial charge in [-0.3, -0.25) is 0 Å². The molecule has 0 aromatic heterocycles. The zero-order valence-corrected chi connectivity index (χ0v) is 23.0. The first-order valence-electron chi connectivity index (χ1n) is 13.5. The van der Waals surface area contributed by atoms with Gasteiger partial charge < -0.3 is 24.1 Å². The van der Waals surface area contributed by atoms with E-state index >= 15 is 0 Å². The molecule has 2 aromatic rings. The molecule has 1 unspecified atom stereocenters. The Balaban J connectivity index is 1.37. The van der Waals surface area contributed by atoms with Gasteiger partial charge in [0.1, 0.15) is 5.60 Å². The van der Waals surface area contributed by atoms with E-state index in [4.69, 9.17) is 14.0 Å². The van der Waals surface area contributed by atoms with E-state index in [0.717, 1.165) is 29.4 Å². The fraction of sp³-hybridized carbons (Fsp3) is 0.567. The van der Waals surface area contributed by atoms with Crippen LogP contribution in [0.1, 0.15) is 84.4 Å². The summed E-state index contributed by atoms with van der Waals surface area (Å²) in [4.78, 5) is 15.5. The summed E-state index contributed by atoms with van der Waals surface area (Å²) in [6.07, 6.45) is 2.86. The highest BCUT2D eigenvalue weighted by atomic mass is 16.7. The van der Waals surface area contributed by atoms with E-state index < -0.39 is 29.5 Å². The number of benzene rings is 2. The van der Waals surface area contributed by atoms with Crippen molar-refractivity contribution in [1.29, 1.82) is 0 Å². The average Bonchev–Trinajstić information content (AvgIpc) is 3.62. The smallest absolute Gasteiger partial charge is 0.438 e. The summed E-state index contributed by atoms with van der Waals surface area (Å²) in [6.45, 7) is 12.3. The Kier molecular flexibility index (Phi) is 6.49. The first kappa shape index (κ1) is 26.3. The molecule has 1 N–H and O–H groups in total. The lowest BCUT2D eigenvalue weighted by atomic mass is 9.78. The molecule has 1 saturated carbocycles. The third-order valence-corrected chi connectivity index (χ3v) is 8.50. The number of nitrogens with zero attached hydrogens (tertiary/aromatic N) is 1. The van der Waals surface area contributed by atoms with Crippen LogP contribution in [0.15, 0.2) is 54.6 Å². The molecule has 198 valence electrons. The van der Waals surface area contributed by atoms with Gasteiger partial charge in [0.15, 0.2) is 0 Å². The molecule has 7 heteroatoms. The summed E-state index contributed by atoms with van der Waals surface area (Å²) >= 11 is 0. The monoisotopic (exact) mass is 505 g/mol. The van der Waals surface area contributed by atoms with Crippen molar-refractivity contribution in [3.8, 4) is 0 Å². The molecule has 3 fully saturated rings. The Morgan fingerprint density at radius 1 is 1.00 bits per heavy atom. The van der Waals surface area contributed by atoms with Crippen LogP contribution in [0.3, 0.4) is 0 Å². The number of hydrogen-bond acceptors (Lipinski definition) is 5. The van der Waals surface area contributed by atoms with Crippen LogP contribution in [0.25, 0.3) is 0 Å². The largest absolute Gasteiger partial charge is 0.494 e. The summed E-state index contributed by atoms with van der Waals surface area (Å²) in [6, 6.07) is 18.1. The van der Waals surface area contributed by atoms with Gasteiger partial charge in [0.2, 0.25) is 0 Å². The van der Waals surface area contributed by atoms with Crippen LogP contribution in [0.5, 0.6) is 0 Å². The zero-order valence-electron chi connectivity index (χ0n) is 23.0. The van der Waals surface area contributed by atoms with Crippen molar-refractivity contribution in [3.05, 3.63) is 65.7 Å². The molecule has 0 radical (unpaired) electrons. The van der Waals surface area contributed by atoms with Gasteiger partial charge in [-0.25, -0.2) is 4.79 Å². The molecule has 2 atom stereocenters. The normalized spacial score (nSPS) is 26.2. The summed E-state index contributed by atoms with van der Waals surface area (Å²) in [5.41, 5.74) is 0.414. The number of aliphatic hydroxyl groups is 1. The SMILES string of the molecule is CC(C)(O)C[C@]1(c2ccccc2)CCN(C(c2ccc(B3OC(C)(C)C(C)(C)O3)cc2)C2CC2)C(=O)O1. The van der Waals surface area contributed by atoms with Crippen LogP contribution in [0.2, 0.25) is 0 Å². The van der Waals surface area contributed by atoms with E-state index in [2.05, 4.69) is 52.0 Å². The van der Waals surface area contributed by atoms with Crippen LogP contribution in [0, 0.1) is 5.92 Å². The second-order valence-corrected chi connectivity index (χ2v) is 12.7. The average molecular weight is 505 g/mol. The molecule has 2 aromatic carbocycles. The summed E-state index contributed by atoms with van der Waals surface area (Å²) < 4.78 is 18.7. The van der Waals surface area contributed by atoms with Crippen molar-refractivity contribution in [1.82, 2.24) is 4.90 Å². The lowest BCUT2D eigenvalue weighted by molar-refractivity contribution is -0.103. The fourth-order valence-corrected chi connectivity index (χ4v) is 5.74. The lowest BCUT2D eigenvalue weighted by Crippen LogP contribution is -2.51. The zero-order chi connectivity index (χ0) is 26.6. The van der Waals surface area contributed by atoms with Crippen LogP contribution in [-0.2, 0) is 19.6 Å². The predicted molar refractivity (Wildman–Crippen MR) is 144 cm³/mol. The van der Waals surface area contributed by atoms with E-state index in [1.54, 1.807) is 13.8 Å². The summed E-state index contributed by atoms with van der Waals surface area (Å²) in [5, 5.41) is 10.7. The van der Waals surface area contributed by atoms with Crippen LogP contribution >= 0.6 is 0 Å². The van der Waals surface area contributed by atoms with Gasteiger partial charge in [0.25, 0.3) is 0 Å². The number of carbonyl (C=O) groups is 1. The van der Waals surface area contributed by atoms with Crippen molar-refractivity contribution >= 4 is 18.7 Å². The Labute approximate surface area is 221 Å². The van der Waals surface area contributed by atoms with Crippen LogP contribution < -0.4 is 5.46 Å². The Bertz CT molecular complexity index is 1110. The van der Waals surface area contributed by atoms with E-state index in [1.165, 1.54) is 0 Å². The van der Waals surface area contributed by atoms with Gasteiger partial charge in [-0.05, 0) is 76.9 Å². The van der Waals surface area contributed by atoms with Gasteiger partial charge in [0.05, 0.1) is 22.8 Å². The second-order valence-electron chi connectivity index (χ2n) is 12.7. The minimum absolute atomic E-state index is 0.0317. The molecule has 2 heterocycles. The van der Waals surface area contributed by atoms with E-state index in [0.29, 0.717) is 25.3 Å². The van der Waals surface area contributed by atoms with Crippen molar-refractivity contribution in [2.45, 2.75) is 95.7 Å². The van der Waals surface area contributed by atoms with Crippen LogP contribution in [-0.4, -0.2) is 46.6 Å². The maximum absolute atomic E-state index is 13.6. The fourth-order valence-electron chi connectivity index (χ4n) is 5.74. The number of hydrogen-bond donors (Lipinski definition) is 1. The topological polar surface area (TPSA) is 68.2 Å². The molecule has 0 bridgehead atoms. The number of amides is 1.